The molecule has 0 unspecified atom stereocenters. The van der Waals surface area contributed by atoms with Crippen LogP contribution in [-0.2, 0) is 16.1 Å². The highest BCUT2D eigenvalue weighted by Crippen LogP contribution is 2.33. The summed E-state index contributed by atoms with van der Waals surface area (Å²) in [5.74, 6) is -1.16. The van der Waals surface area contributed by atoms with Crippen LogP contribution in [0.3, 0.4) is 0 Å². The van der Waals surface area contributed by atoms with Crippen LogP contribution in [0.4, 0.5) is 4.79 Å². The first-order valence-electron chi connectivity index (χ1n) is 6.98. The average molecular weight is 288 g/mol. The van der Waals surface area contributed by atoms with Crippen molar-refractivity contribution in [3.63, 3.8) is 0 Å². The molecule has 2 atom stereocenters. The minimum absolute atomic E-state index is 0.207. The lowest BCUT2D eigenvalue weighted by Crippen LogP contribution is -2.50. The molecule has 2 aliphatic heterocycles. The largest absolute Gasteiger partial charge is 0.465 e. The molecule has 1 aromatic rings. The fourth-order valence-corrected chi connectivity index (χ4v) is 3.16. The first kappa shape index (κ1) is 13.6. The number of piperidine rings is 1. The smallest absolute Gasteiger partial charge is 0.408 e. The molecule has 3 rings (SSSR count). The van der Waals surface area contributed by atoms with Crippen LogP contribution < -0.4 is 0 Å². The third-order valence-electron chi connectivity index (χ3n) is 4.16. The normalized spacial score (nSPS) is 25.1. The van der Waals surface area contributed by atoms with Gasteiger partial charge in [-0.3, -0.25) is 19.4 Å². The SMILES string of the molecule is O=C1[C@@H]2[C@@H](CCCN2C(=O)O)C(=O)N1Cc1ccccc1. The van der Waals surface area contributed by atoms with E-state index < -0.39 is 24.0 Å². The molecule has 3 amide bonds. The number of rotatable bonds is 2. The number of carbonyl (C=O) groups excluding carboxylic acids is 2. The van der Waals surface area contributed by atoms with E-state index in [0.717, 1.165) is 10.5 Å². The molecule has 2 fully saturated rings. The Kier molecular flexibility index (Phi) is 3.37. The zero-order chi connectivity index (χ0) is 15.0. The van der Waals surface area contributed by atoms with E-state index in [4.69, 9.17) is 0 Å². The van der Waals surface area contributed by atoms with Crippen molar-refractivity contribution < 1.29 is 19.5 Å². The van der Waals surface area contributed by atoms with Crippen molar-refractivity contribution >= 4 is 17.9 Å². The van der Waals surface area contributed by atoms with Gasteiger partial charge in [0, 0.05) is 6.54 Å². The van der Waals surface area contributed by atoms with Gasteiger partial charge in [-0.15, -0.1) is 0 Å². The maximum absolute atomic E-state index is 12.5. The van der Waals surface area contributed by atoms with Crippen molar-refractivity contribution in [3.05, 3.63) is 35.9 Å². The predicted octanol–water partition coefficient (Wildman–Crippen LogP) is 1.31. The Morgan fingerprint density at radius 3 is 2.57 bits per heavy atom. The number of hydrogen-bond donors (Lipinski definition) is 1. The number of likely N-dealkylation sites (tertiary alicyclic amines) is 2. The first-order valence-corrected chi connectivity index (χ1v) is 6.98. The number of benzene rings is 1. The molecule has 2 heterocycles. The molecular weight excluding hydrogens is 272 g/mol. The van der Waals surface area contributed by atoms with E-state index in [-0.39, 0.29) is 12.5 Å². The standard InChI is InChI=1S/C15H16N2O4/c18-13-11-7-4-8-16(15(20)21)12(11)14(19)17(13)9-10-5-2-1-3-6-10/h1-3,5-6,11-12H,4,7-9H2,(H,20,21)/t11-,12+/m1/s1. The summed E-state index contributed by atoms with van der Waals surface area (Å²) in [5.41, 5.74) is 0.861. The maximum Gasteiger partial charge on any atom is 0.408 e. The predicted molar refractivity (Wildman–Crippen MR) is 73.2 cm³/mol. The Balaban J connectivity index is 1.86. The molecule has 1 aromatic carbocycles. The Bertz CT molecular complexity index is 587. The van der Waals surface area contributed by atoms with Gasteiger partial charge in [0.05, 0.1) is 12.5 Å². The Morgan fingerprint density at radius 1 is 1.19 bits per heavy atom. The van der Waals surface area contributed by atoms with Crippen LogP contribution in [-0.4, -0.2) is 45.4 Å². The first-order chi connectivity index (χ1) is 10.1. The van der Waals surface area contributed by atoms with Gasteiger partial charge in [0.1, 0.15) is 6.04 Å². The molecule has 0 saturated carbocycles. The number of amides is 3. The van der Waals surface area contributed by atoms with Crippen molar-refractivity contribution in [2.75, 3.05) is 6.54 Å². The number of fused-ring (bicyclic) bond motifs is 1. The Hall–Kier alpha value is -2.37. The molecule has 1 N–H and O–H groups in total. The second kappa shape index (κ2) is 5.20. The minimum atomic E-state index is -1.13. The lowest BCUT2D eigenvalue weighted by molar-refractivity contribution is -0.140. The van der Waals surface area contributed by atoms with E-state index in [1.165, 1.54) is 4.90 Å². The van der Waals surface area contributed by atoms with Crippen LogP contribution >= 0.6 is 0 Å². The third-order valence-corrected chi connectivity index (χ3v) is 4.16. The average Bonchev–Trinajstić information content (AvgIpc) is 2.73. The van der Waals surface area contributed by atoms with Gasteiger partial charge in [-0.2, -0.15) is 0 Å². The van der Waals surface area contributed by atoms with E-state index in [1.807, 2.05) is 30.3 Å². The van der Waals surface area contributed by atoms with Crippen LogP contribution in [0.2, 0.25) is 0 Å². The second-order valence-corrected chi connectivity index (χ2v) is 5.42. The maximum atomic E-state index is 12.5. The second-order valence-electron chi connectivity index (χ2n) is 5.42. The summed E-state index contributed by atoms with van der Waals surface area (Å²) in [7, 11) is 0. The highest BCUT2D eigenvalue weighted by Gasteiger charge is 2.52. The van der Waals surface area contributed by atoms with Gasteiger partial charge in [-0.1, -0.05) is 30.3 Å². The number of nitrogens with zero attached hydrogens (tertiary/aromatic N) is 2. The van der Waals surface area contributed by atoms with E-state index in [9.17, 15) is 19.5 Å². The number of carbonyl (C=O) groups is 3. The van der Waals surface area contributed by atoms with E-state index in [2.05, 4.69) is 0 Å². The Labute approximate surface area is 122 Å². The summed E-state index contributed by atoms with van der Waals surface area (Å²) in [6.45, 7) is 0.521. The number of imide groups is 1. The fourth-order valence-electron chi connectivity index (χ4n) is 3.16. The molecule has 0 radical (unpaired) electrons. The summed E-state index contributed by atoms with van der Waals surface area (Å²) >= 11 is 0. The van der Waals surface area contributed by atoms with E-state index >= 15 is 0 Å². The van der Waals surface area contributed by atoms with Crippen molar-refractivity contribution in [1.29, 1.82) is 0 Å². The summed E-state index contributed by atoms with van der Waals surface area (Å²) in [5, 5.41) is 9.21. The van der Waals surface area contributed by atoms with Gasteiger partial charge in [0.15, 0.2) is 0 Å². The lowest BCUT2D eigenvalue weighted by Gasteiger charge is -2.32. The highest BCUT2D eigenvalue weighted by atomic mass is 16.4. The molecule has 110 valence electrons. The molecule has 0 aliphatic carbocycles. The molecule has 6 heteroatoms. The van der Waals surface area contributed by atoms with Crippen molar-refractivity contribution in [1.82, 2.24) is 9.80 Å². The zero-order valence-corrected chi connectivity index (χ0v) is 11.4. The van der Waals surface area contributed by atoms with Crippen LogP contribution in [0, 0.1) is 5.92 Å². The molecule has 0 aromatic heterocycles. The van der Waals surface area contributed by atoms with Gasteiger partial charge in [-0.25, -0.2) is 4.79 Å². The van der Waals surface area contributed by atoms with E-state index in [0.29, 0.717) is 19.4 Å². The molecule has 6 nitrogen and oxygen atoms in total. The summed E-state index contributed by atoms with van der Waals surface area (Å²) in [6, 6.07) is 8.40. The van der Waals surface area contributed by atoms with Gasteiger partial charge in [0.25, 0.3) is 5.91 Å². The van der Waals surface area contributed by atoms with Crippen LogP contribution in [0.25, 0.3) is 0 Å². The third kappa shape index (κ3) is 2.26. The monoisotopic (exact) mass is 288 g/mol. The highest BCUT2D eigenvalue weighted by molar-refractivity contribution is 6.08. The lowest BCUT2D eigenvalue weighted by atomic mass is 9.91. The summed E-state index contributed by atoms with van der Waals surface area (Å²) in [6.07, 6.45) is 0.0584. The van der Waals surface area contributed by atoms with Gasteiger partial charge < -0.3 is 5.11 Å². The molecule has 2 aliphatic rings. The van der Waals surface area contributed by atoms with Crippen molar-refractivity contribution in [2.45, 2.75) is 25.4 Å². The van der Waals surface area contributed by atoms with Crippen LogP contribution in [0.15, 0.2) is 30.3 Å². The minimum Gasteiger partial charge on any atom is -0.465 e. The molecular formula is C15H16N2O4. The summed E-state index contributed by atoms with van der Waals surface area (Å²) < 4.78 is 0. The van der Waals surface area contributed by atoms with Gasteiger partial charge in [0.2, 0.25) is 5.91 Å². The quantitative estimate of drug-likeness (QED) is 0.832. The fraction of sp³-hybridized carbons (Fsp3) is 0.400. The van der Waals surface area contributed by atoms with Crippen LogP contribution in [0.5, 0.6) is 0 Å². The zero-order valence-electron chi connectivity index (χ0n) is 11.4. The van der Waals surface area contributed by atoms with Gasteiger partial charge >= 0.3 is 6.09 Å². The molecule has 2 saturated heterocycles. The topological polar surface area (TPSA) is 77.9 Å². The molecule has 21 heavy (non-hydrogen) atoms. The van der Waals surface area contributed by atoms with E-state index in [1.54, 1.807) is 0 Å². The molecule has 0 bridgehead atoms. The van der Waals surface area contributed by atoms with Crippen LogP contribution in [0.1, 0.15) is 18.4 Å². The number of carboxylic acid groups (broad SMARTS) is 1. The molecule has 0 spiro atoms. The summed E-state index contributed by atoms with van der Waals surface area (Å²) in [4.78, 5) is 38.4. The van der Waals surface area contributed by atoms with Crippen molar-refractivity contribution in [3.8, 4) is 0 Å². The van der Waals surface area contributed by atoms with Crippen molar-refractivity contribution in [2.24, 2.45) is 5.92 Å². The Morgan fingerprint density at radius 2 is 1.90 bits per heavy atom. The van der Waals surface area contributed by atoms with Gasteiger partial charge in [-0.05, 0) is 18.4 Å². The number of hydrogen-bond acceptors (Lipinski definition) is 3.